The Bertz CT molecular complexity index is 1250. The lowest BCUT2D eigenvalue weighted by atomic mass is 10.0. The summed E-state index contributed by atoms with van der Waals surface area (Å²) >= 11 is 0. The topological polar surface area (TPSA) is 78.9 Å². The molecule has 0 fully saturated rings. The Kier molecular flexibility index (Phi) is 55.3. The molecule has 0 heterocycles. The van der Waals surface area contributed by atoms with Crippen LogP contribution < -0.4 is 0 Å². The van der Waals surface area contributed by atoms with Crippen LogP contribution in [0.1, 0.15) is 303 Å². The van der Waals surface area contributed by atoms with E-state index in [-0.39, 0.29) is 31.1 Å². The first-order valence-electron chi connectivity index (χ1n) is 29.8. The lowest BCUT2D eigenvalue weighted by Gasteiger charge is -2.18. The molecule has 0 radical (unpaired) electrons. The van der Waals surface area contributed by atoms with Crippen LogP contribution in [0.2, 0.25) is 0 Å². The summed E-state index contributed by atoms with van der Waals surface area (Å²) in [7, 11) is 0. The molecule has 1 unspecified atom stereocenters. The molecule has 0 aliphatic heterocycles. The quantitative estimate of drug-likeness (QED) is 0.0262. The molecule has 0 spiro atoms. The number of rotatable bonds is 54. The van der Waals surface area contributed by atoms with Gasteiger partial charge in [-0.3, -0.25) is 14.4 Å². The van der Waals surface area contributed by atoms with Crippen LogP contribution in [0.3, 0.4) is 0 Å². The second kappa shape index (κ2) is 57.7. The molecule has 0 aromatic rings. The molecule has 6 nitrogen and oxygen atoms in total. The van der Waals surface area contributed by atoms with E-state index >= 15 is 0 Å². The van der Waals surface area contributed by atoms with Gasteiger partial charge in [-0.05, 0) is 83.5 Å². The fourth-order valence-corrected chi connectivity index (χ4v) is 8.55. The van der Waals surface area contributed by atoms with E-state index < -0.39 is 6.10 Å². The average molecular weight is 966 g/mol. The second-order valence-corrected chi connectivity index (χ2v) is 19.9. The monoisotopic (exact) mass is 965 g/mol. The number of esters is 3. The zero-order chi connectivity index (χ0) is 50.0. The van der Waals surface area contributed by atoms with Gasteiger partial charge < -0.3 is 14.2 Å². The van der Waals surface area contributed by atoms with Gasteiger partial charge in [0.25, 0.3) is 0 Å². The second-order valence-electron chi connectivity index (χ2n) is 19.9. The summed E-state index contributed by atoms with van der Waals surface area (Å²) < 4.78 is 16.9. The maximum absolute atomic E-state index is 12.9. The van der Waals surface area contributed by atoms with Crippen LogP contribution in [-0.2, 0) is 28.6 Å². The zero-order valence-electron chi connectivity index (χ0n) is 45.8. The van der Waals surface area contributed by atoms with Gasteiger partial charge in [-0.25, -0.2) is 0 Å². The van der Waals surface area contributed by atoms with Gasteiger partial charge in [-0.15, -0.1) is 0 Å². The van der Waals surface area contributed by atoms with Crippen molar-refractivity contribution >= 4 is 17.9 Å². The Hall–Kier alpha value is -2.89. The molecule has 0 N–H and O–H groups in total. The van der Waals surface area contributed by atoms with E-state index in [9.17, 15) is 14.4 Å². The summed E-state index contributed by atoms with van der Waals surface area (Å²) in [5, 5.41) is 0. The van der Waals surface area contributed by atoms with Crippen molar-refractivity contribution in [3.8, 4) is 0 Å². The Balaban J connectivity index is 4.32. The highest BCUT2D eigenvalue weighted by molar-refractivity contribution is 5.71. The highest BCUT2D eigenvalue weighted by Gasteiger charge is 2.19. The Labute approximate surface area is 428 Å². The summed E-state index contributed by atoms with van der Waals surface area (Å²) in [6.45, 7) is 6.53. The van der Waals surface area contributed by atoms with E-state index in [0.29, 0.717) is 19.3 Å². The number of unbranched alkanes of at least 4 members (excludes halogenated alkanes) is 33. The number of hydrogen-bond donors (Lipinski definition) is 0. The van der Waals surface area contributed by atoms with Crippen molar-refractivity contribution in [3.63, 3.8) is 0 Å². The third-order valence-electron chi connectivity index (χ3n) is 13.0. The van der Waals surface area contributed by atoms with Crippen LogP contribution in [0.15, 0.2) is 60.8 Å². The van der Waals surface area contributed by atoms with Gasteiger partial charge in [0.05, 0.1) is 0 Å². The van der Waals surface area contributed by atoms with E-state index in [1.165, 1.54) is 167 Å². The van der Waals surface area contributed by atoms with E-state index in [1.54, 1.807) is 0 Å². The molecule has 400 valence electrons. The SMILES string of the molecule is CC/C=C\C/C=C\C/C=C\C/C=C\CCCCCCCCCCC(=O)OCC(COC(=O)CCCCCCC/C=C\CCCCC)OC(=O)CCCCCCCCCCCCCCCCCCCC. The Morgan fingerprint density at radius 2 is 0.565 bits per heavy atom. The van der Waals surface area contributed by atoms with Crippen LogP contribution in [0.25, 0.3) is 0 Å². The Morgan fingerprint density at radius 1 is 0.304 bits per heavy atom. The molecule has 0 rings (SSSR count). The molecule has 0 aliphatic rings. The first-order valence-corrected chi connectivity index (χ1v) is 29.8. The highest BCUT2D eigenvalue weighted by Crippen LogP contribution is 2.17. The van der Waals surface area contributed by atoms with Gasteiger partial charge >= 0.3 is 17.9 Å². The number of ether oxygens (including phenoxy) is 3. The summed E-state index contributed by atoms with van der Waals surface area (Å²) in [6.07, 6.45) is 72.1. The fraction of sp³-hybridized carbons (Fsp3) is 0.794. The third kappa shape index (κ3) is 55.9. The van der Waals surface area contributed by atoms with E-state index in [2.05, 4.69) is 81.5 Å². The summed E-state index contributed by atoms with van der Waals surface area (Å²) in [4.78, 5) is 38.2. The number of carbonyl (C=O) groups excluding carboxylic acids is 3. The van der Waals surface area contributed by atoms with Crippen molar-refractivity contribution in [1.29, 1.82) is 0 Å². The van der Waals surface area contributed by atoms with Crippen LogP contribution in [-0.4, -0.2) is 37.2 Å². The van der Waals surface area contributed by atoms with Crippen LogP contribution in [0, 0.1) is 0 Å². The predicted octanol–water partition coefficient (Wildman–Crippen LogP) is 20.0. The fourth-order valence-electron chi connectivity index (χ4n) is 8.55. The van der Waals surface area contributed by atoms with E-state index in [4.69, 9.17) is 14.2 Å². The third-order valence-corrected chi connectivity index (χ3v) is 13.0. The summed E-state index contributed by atoms with van der Waals surface area (Å²) in [6, 6.07) is 0. The maximum atomic E-state index is 12.9. The molecule has 0 saturated heterocycles. The predicted molar refractivity (Wildman–Crippen MR) is 298 cm³/mol. The van der Waals surface area contributed by atoms with Crippen molar-refractivity contribution < 1.29 is 28.6 Å². The van der Waals surface area contributed by atoms with E-state index in [1.807, 2.05) is 0 Å². The minimum Gasteiger partial charge on any atom is -0.462 e. The zero-order valence-corrected chi connectivity index (χ0v) is 45.8. The van der Waals surface area contributed by atoms with Gasteiger partial charge in [-0.2, -0.15) is 0 Å². The standard InChI is InChI=1S/C63H112O6/c1-4-7-10-13-16-19-22-25-27-29-31-32-33-35-36-38-41-44-47-50-53-56-62(65)68-59-60(58-67-61(64)55-52-49-46-43-40-24-21-18-15-12-9-6-3)69-63(66)57-54-51-48-45-42-39-37-34-30-28-26-23-20-17-14-11-8-5-2/h7,10,16,18-19,21,25,27,31-32,60H,4-6,8-9,11-15,17,20,22-24,26,28-30,33-59H2,1-3H3/b10-7-,19-16-,21-18-,27-25-,32-31-. The molecular formula is C63H112O6. The van der Waals surface area contributed by atoms with E-state index in [0.717, 1.165) is 96.3 Å². The smallest absolute Gasteiger partial charge is 0.306 e. The van der Waals surface area contributed by atoms with Crippen LogP contribution >= 0.6 is 0 Å². The molecule has 0 amide bonds. The van der Waals surface area contributed by atoms with Gasteiger partial charge in [-0.1, -0.05) is 261 Å². The summed E-state index contributed by atoms with van der Waals surface area (Å²) in [5.74, 6) is -0.880. The van der Waals surface area contributed by atoms with Crippen molar-refractivity contribution in [3.05, 3.63) is 60.8 Å². The molecule has 0 aromatic carbocycles. The lowest BCUT2D eigenvalue weighted by molar-refractivity contribution is -0.167. The van der Waals surface area contributed by atoms with Crippen LogP contribution in [0.4, 0.5) is 0 Å². The normalized spacial score (nSPS) is 12.4. The molecule has 6 heteroatoms. The minimum atomic E-state index is -0.779. The molecule has 0 saturated carbocycles. The maximum Gasteiger partial charge on any atom is 0.306 e. The minimum absolute atomic E-state index is 0.0784. The van der Waals surface area contributed by atoms with Gasteiger partial charge in [0, 0.05) is 19.3 Å². The molecule has 0 bridgehead atoms. The highest BCUT2D eigenvalue weighted by atomic mass is 16.6. The molecule has 1 atom stereocenters. The first-order chi connectivity index (χ1) is 34.0. The number of carbonyl (C=O) groups is 3. The molecule has 0 aromatic heterocycles. The van der Waals surface area contributed by atoms with Gasteiger partial charge in [0.2, 0.25) is 0 Å². The van der Waals surface area contributed by atoms with Crippen molar-refractivity contribution in [2.24, 2.45) is 0 Å². The van der Waals surface area contributed by atoms with Crippen LogP contribution in [0.5, 0.6) is 0 Å². The number of allylic oxidation sites excluding steroid dienone is 10. The van der Waals surface area contributed by atoms with Gasteiger partial charge in [0.15, 0.2) is 6.10 Å². The van der Waals surface area contributed by atoms with Crippen molar-refractivity contribution in [2.45, 2.75) is 309 Å². The summed E-state index contributed by atoms with van der Waals surface area (Å²) in [5.41, 5.74) is 0. The molecule has 69 heavy (non-hydrogen) atoms. The lowest BCUT2D eigenvalue weighted by Crippen LogP contribution is -2.30. The largest absolute Gasteiger partial charge is 0.462 e. The first kappa shape index (κ1) is 66.1. The number of hydrogen-bond acceptors (Lipinski definition) is 6. The molecule has 0 aliphatic carbocycles. The van der Waals surface area contributed by atoms with Gasteiger partial charge in [0.1, 0.15) is 13.2 Å². The molecular weight excluding hydrogens is 853 g/mol. The van der Waals surface area contributed by atoms with Crippen molar-refractivity contribution in [2.75, 3.05) is 13.2 Å². The average Bonchev–Trinajstić information content (AvgIpc) is 3.35. The Morgan fingerprint density at radius 3 is 0.928 bits per heavy atom. The van der Waals surface area contributed by atoms with Crippen molar-refractivity contribution in [1.82, 2.24) is 0 Å².